The third-order valence-electron chi connectivity index (χ3n) is 2.33. The summed E-state index contributed by atoms with van der Waals surface area (Å²) < 4.78 is 1.95. The molecule has 3 heterocycles. The number of rotatable bonds is 2. The van der Waals surface area contributed by atoms with Gasteiger partial charge in [0.2, 0.25) is 0 Å². The van der Waals surface area contributed by atoms with Crippen LogP contribution in [0.3, 0.4) is 0 Å². The van der Waals surface area contributed by atoms with E-state index in [4.69, 9.17) is 0 Å². The maximum atomic E-state index is 4.31. The van der Waals surface area contributed by atoms with E-state index in [9.17, 15) is 0 Å². The first-order chi connectivity index (χ1) is 8.34. The van der Waals surface area contributed by atoms with E-state index in [0.717, 1.165) is 21.2 Å². The van der Waals surface area contributed by atoms with E-state index in [1.54, 1.807) is 18.7 Å². The zero-order valence-electron chi connectivity index (χ0n) is 9.11. The summed E-state index contributed by atoms with van der Waals surface area (Å²) in [6, 6.07) is 3.79. The van der Waals surface area contributed by atoms with Gasteiger partial charge in [-0.2, -0.15) is 0 Å². The molecule has 0 amide bonds. The SMILES string of the molecule is Cn1ccnc1Sc1ncnc2cccnc12. The van der Waals surface area contributed by atoms with Crippen LogP contribution in [0.5, 0.6) is 0 Å². The third-order valence-corrected chi connectivity index (χ3v) is 3.39. The highest BCUT2D eigenvalue weighted by Gasteiger charge is 2.08. The fraction of sp³-hybridized carbons (Fsp3) is 0.0909. The fourth-order valence-electron chi connectivity index (χ4n) is 1.48. The zero-order valence-corrected chi connectivity index (χ0v) is 9.92. The van der Waals surface area contributed by atoms with Gasteiger partial charge in [-0.3, -0.25) is 4.98 Å². The Morgan fingerprint density at radius 1 is 1.12 bits per heavy atom. The van der Waals surface area contributed by atoms with Gasteiger partial charge in [0, 0.05) is 25.6 Å². The first-order valence-electron chi connectivity index (χ1n) is 5.05. The monoisotopic (exact) mass is 243 g/mol. The number of nitrogens with zero attached hydrogens (tertiary/aromatic N) is 5. The second kappa shape index (κ2) is 4.14. The molecule has 0 saturated heterocycles. The summed E-state index contributed by atoms with van der Waals surface area (Å²) in [5.74, 6) is 0. The van der Waals surface area contributed by atoms with Gasteiger partial charge in [0.1, 0.15) is 16.9 Å². The summed E-state index contributed by atoms with van der Waals surface area (Å²) in [6.45, 7) is 0. The van der Waals surface area contributed by atoms with E-state index in [2.05, 4.69) is 19.9 Å². The minimum atomic E-state index is 0.808. The van der Waals surface area contributed by atoms with Gasteiger partial charge < -0.3 is 4.57 Å². The van der Waals surface area contributed by atoms with Crippen LogP contribution < -0.4 is 0 Å². The molecule has 84 valence electrons. The minimum Gasteiger partial charge on any atom is -0.329 e. The molecule has 0 fully saturated rings. The Morgan fingerprint density at radius 2 is 2.06 bits per heavy atom. The zero-order chi connectivity index (χ0) is 11.7. The number of imidazole rings is 1. The van der Waals surface area contributed by atoms with E-state index in [0.29, 0.717) is 0 Å². The molecule has 0 aromatic carbocycles. The Kier molecular flexibility index (Phi) is 2.49. The third kappa shape index (κ3) is 1.87. The molecule has 0 aliphatic carbocycles. The van der Waals surface area contributed by atoms with Crippen molar-refractivity contribution >= 4 is 22.8 Å². The van der Waals surface area contributed by atoms with Gasteiger partial charge in [-0.1, -0.05) is 0 Å². The lowest BCUT2D eigenvalue weighted by molar-refractivity contribution is 0.789. The Balaban J connectivity index is 2.09. The van der Waals surface area contributed by atoms with Gasteiger partial charge in [-0.05, 0) is 23.9 Å². The van der Waals surface area contributed by atoms with E-state index >= 15 is 0 Å². The Labute approximate surface area is 102 Å². The molecule has 0 bridgehead atoms. The lowest BCUT2D eigenvalue weighted by Gasteiger charge is -2.03. The predicted octanol–water partition coefficient (Wildman–Crippen LogP) is 1.91. The van der Waals surface area contributed by atoms with E-state index < -0.39 is 0 Å². The molecule has 0 N–H and O–H groups in total. The standard InChI is InChI=1S/C11H9N5S/c1-16-6-5-13-11(16)17-10-9-8(14-7-15-10)3-2-4-12-9/h2-7H,1H3. The summed E-state index contributed by atoms with van der Waals surface area (Å²) in [5.41, 5.74) is 1.65. The normalized spacial score (nSPS) is 10.9. The first kappa shape index (κ1) is 10.2. The van der Waals surface area contributed by atoms with Crippen molar-refractivity contribution in [2.45, 2.75) is 10.2 Å². The van der Waals surface area contributed by atoms with Crippen LogP contribution in [0.4, 0.5) is 0 Å². The van der Waals surface area contributed by atoms with Gasteiger partial charge in [0.15, 0.2) is 5.16 Å². The predicted molar refractivity (Wildman–Crippen MR) is 64.7 cm³/mol. The van der Waals surface area contributed by atoms with Crippen LogP contribution in [-0.2, 0) is 7.05 Å². The van der Waals surface area contributed by atoms with E-state index in [-0.39, 0.29) is 0 Å². The average Bonchev–Trinajstić information content (AvgIpc) is 2.76. The van der Waals surface area contributed by atoms with Crippen LogP contribution in [-0.4, -0.2) is 24.5 Å². The molecule has 0 radical (unpaired) electrons. The molecular weight excluding hydrogens is 234 g/mol. The van der Waals surface area contributed by atoms with Crippen LogP contribution in [0.2, 0.25) is 0 Å². The van der Waals surface area contributed by atoms with E-state index in [1.807, 2.05) is 29.9 Å². The topological polar surface area (TPSA) is 56.5 Å². The summed E-state index contributed by atoms with van der Waals surface area (Å²) in [4.78, 5) is 17.0. The lowest BCUT2D eigenvalue weighted by atomic mass is 10.4. The molecule has 0 aliphatic rings. The Morgan fingerprint density at radius 3 is 2.88 bits per heavy atom. The van der Waals surface area contributed by atoms with Crippen LogP contribution in [0.25, 0.3) is 11.0 Å². The minimum absolute atomic E-state index is 0.808. The Hall–Kier alpha value is -1.95. The van der Waals surface area contributed by atoms with Crippen LogP contribution in [0.1, 0.15) is 0 Å². The second-order valence-electron chi connectivity index (χ2n) is 3.47. The van der Waals surface area contributed by atoms with Crippen molar-refractivity contribution < 1.29 is 0 Å². The summed E-state index contributed by atoms with van der Waals surface area (Å²) in [5, 5.41) is 1.71. The molecule has 3 rings (SSSR count). The van der Waals surface area contributed by atoms with Gasteiger partial charge in [-0.25, -0.2) is 15.0 Å². The molecular formula is C11H9N5S. The van der Waals surface area contributed by atoms with Crippen molar-refractivity contribution in [2.24, 2.45) is 7.05 Å². The number of hydrogen-bond acceptors (Lipinski definition) is 5. The quantitative estimate of drug-likeness (QED) is 0.643. The summed E-state index contributed by atoms with van der Waals surface area (Å²) in [6.07, 6.45) is 6.96. The van der Waals surface area contributed by atoms with Gasteiger partial charge in [0.25, 0.3) is 0 Å². The average molecular weight is 243 g/mol. The summed E-state index contributed by atoms with van der Waals surface area (Å²) >= 11 is 1.49. The molecule has 3 aromatic rings. The van der Waals surface area contributed by atoms with Crippen molar-refractivity contribution in [2.75, 3.05) is 0 Å². The number of hydrogen-bond donors (Lipinski definition) is 0. The van der Waals surface area contributed by atoms with Crippen molar-refractivity contribution in [1.29, 1.82) is 0 Å². The van der Waals surface area contributed by atoms with Crippen molar-refractivity contribution in [3.8, 4) is 0 Å². The first-order valence-corrected chi connectivity index (χ1v) is 5.87. The fourth-order valence-corrected chi connectivity index (χ4v) is 2.33. The molecule has 5 nitrogen and oxygen atoms in total. The van der Waals surface area contributed by atoms with Crippen LogP contribution >= 0.6 is 11.8 Å². The van der Waals surface area contributed by atoms with Crippen molar-refractivity contribution in [3.05, 3.63) is 37.1 Å². The molecule has 17 heavy (non-hydrogen) atoms. The smallest absolute Gasteiger partial charge is 0.174 e. The summed E-state index contributed by atoms with van der Waals surface area (Å²) in [7, 11) is 1.95. The highest BCUT2D eigenvalue weighted by molar-refractivity contribution is 7.99. The molecule has 3 aromatic heterocycles. The maximum absolute atomic E-state index is 4.31. The lowest BCUT2D eigenvalue weighted by Crippen LogP contribution is -1.92. The molecule has 0 saturated carbocycles. The molecule has 0 atom stereocenters. The van der Waals surface area contributed by atoms with Gasteiger partial charge >= 0.3 is 0 Å². The van der Waals surface area contributed by atoms with Crippen molar-refractivity contribution in [3.63, 3.8) is 0 Å². The van der Waals surface area contributed by atoms with Gasteiger partial charge in [0.05, 0.1) is 5.52 Å². The number of aryl methyl sites for hydroxylation is 1. The highest BCUT2D eigenvalue weighted by atomic mass is 32.2. The second-order valence-corrected chi connectivity index (χ2v) is 4.43. The Bertz CT molecular complexity index is 658. The van der Waals surface area contributed by atoms with Crippen molar-refractivity contribution in [1.82, 2.24) is 24.5 Å². The number of pyridine rings is 1. The van der Waals surface area contributed by atoms with Crippen LogP contribution in [0, 0.1) is 0 Å². The molecule has 0 spiro atoms. The largest absolute Gasteiger partial charge is 0.329 e. The number of aromatic nitrogens is 5. The van der Waals surface area contributed by atoms with Crippen LogP contribution in [0.15, 0.2) is 47.2 Å². The highest BCUT2D eigenvalue weighted by Crippen LogP contribution is 2.27. The molecule has 0 unspecified atom stereocenters. The number of fused-ring (bicyclic) bond motifs is 1. The molecule has 0 aliphatic heterocycles. The van der Waals surface area contributed by atoms with E-state index in [1.165, 1.54) is 11.8 Å². The van der Waals surface area contributed by atoms with Gasteiger partial charge in [-0.15, -0.1) is 0 Å². The molecule has 6 heteroatoms. The maximum Gasteiger partial charge on any atom is 0.174 e.